The van der Waals surface area contributed by atoms with E-state index in [1.807, 2.05) is 29.5 Å². The molecule has 28 heavy (non-hydrogen) atoms. The van der Waals surface area contributed by atoms with E-state index in [0.717, 1.165) is 65.9 Å². The van der Waals surface area contributed by atoms with Crippen molar-refractivity contribution >= 4 is 22.4 Å². The van der Waals surface area contributed by atoms with Gasteiger partial charge in [0, 0.05) is 49.1 Å². The first-order valence-electron chi connectivity index (χ1n) is 9.74. The van der Waals surface area contributed by atoms with Crippen LogP contribution in [0.25, 0.3) is 5.69 Å². The van der Waals surface area contributed by atoms with Crippen molar-refractivity contribution in [1.82, 2.24) is 14.5 Å². The number of nitrogens with zero attached hydrogens (tertiary/aromatic N) is 4. The maximum absolute atomic E-state index is 13.5. The molecule has 1 amide bonds. The summed E-state index contributed by atoms with van der Waals surface area (Å²) in [6.45, 7) is 9.46. The van der Waals surface area contributed by atoms with Crippen LogP contribution in [0.2, 0.25) is 0 Å². The molecule has 0 spiro atoms. The lowest BCUT2D eigenvalue weighted by Crippen LogP contribution is -2.35. The molecular formula is C22H26N4OS. The Morgan fingerprint density at radius 2 is 1.79 bits per heavy atom. The zero-order valence-corrected chi connectivity index (χ0v) is 17.5. The summed E-state index contributed by atoms with van der Waals surface area (Å²) in [6.07, 6.45) is 2.79. The summed E-state index contributed by atoms with van der Waals surface area (Å²) in [5, 5.41) is 3.05. The Labute approximate surface area is 170 Å². The number of benzene rings is 1. The largest absolute Gasteiger partial charge is 0.346 e. The van der Waals surface area contributed by atoms with Crippen molar-refractivity contribution in [2.24, 2.45) is 0 Å². The van der Waals surface area contributed by atoms with Crippen molar-refractivity contribution in [2.75, 3.05) is 31.1 Å². The molecule has 0 N–H and O–H groups in total. The fraction of sp³-hybridized carbons (Fsp3) is 0.364. The highest BCUT2D eigenvalue weighted by Gasteiger charge is 2.24. The number of amides is 1. The highest BCUT2D eigenvalue weighted by atomic mass is 32.1. The van der Waals surface area contributed by atoms with Crippen LogP contribution >= 0.6 is 11.3 Å². The van der Waals surface area contributed by atoms with Crippen LogP contribution in [-0.2, 0) is 0 Å². The highest BCUT2D eigenvalue weighted by molar-refractivity contribution is 7.13. The van der Waals surface area contributed by atoms with Crippen molar-refractivity contribution in [3.8, 4) is 5.69 Å². The molecular weight excluding hydrogens is 368 g/mol. The predicted octanol–water partition coefficient (Wildman–Crippen LogP) is 4.21. The number of aromatic nitrogens is 2. The minimum absolute atomic E-state index is 0.118. The summed E-state index contributed by atoms with van der Waals surface area (Å²) in [4.78, 5) is 22.2. The Bertz CT molecular complexity index is 957. The molecule has 0 unspecified atom stereocenters. The minimum Gasteiger partial charge on any atom is -0.346 e. The van der Waals surface area contributed by atoms with E-state index in [-0.39, 0.29) is 5.91 Å². The van der Waals surface area contributed by atoms with Crippen molar-refractivity contribution in [3.63, 3.8) is 0 Å². The number of carbonyl (C=O) groups excluding carboxylic acids is 1. The van der Waals surface area contributed by atoms with Gasteiger partial charge in [-0.1, -0.05) is 11.6 Å². The summed E-state index contributed by atoms with van der Waals surface area (Å²) >= 11 is 1.66. The van der Waals surface area contributed by atoms with E-state index in [1.54, 1.807) is 11.3 Å². The van der Waals surface area contributed by atoms with Gasteiger partial charge in [-0.15, -0.1) is 11.3 Å². The van der Waals surface area contributed by atoms with Gasteiger partial charge < -0.3 is 14.4 Å². The fourth-order valence-corrected chi connectivity index (χ4v) is 4.62. The van der Waals surface area contributed by atoms with Crippen LogP contribution in [0.5, 0.6) is 0 Å². The van der Waals surface area contributed by atoms with E-state index < -0.39 is 0 Å². The number of aryl methyl sites for hydroxylation is 3. The number of rotatable bonds is 3. The van der Waals surface area contributed by atoms with Crippen molar-refractivity contribution < 1.29 is 4.79 Å². The summed E-state index contributed by atoms with van der Waals surface area (Å²) in [5.74, 6) is 0.118. The summed E-state index contributed by atoms with van der Waals surface area (Å²) in [7, 11) is 0. The maximum Gasteiger partial charge on any atom is 0.256 e. The van der Waals surface area contributed by atoms with Gasteiger partial charge in [-0.2, -0.15) is 0 Å². The molecule has 1 aliphatic heterocycles. The molecule has 1 aliphatic rings. The van der Waals surface area contributed by atoms with Crippen LogP contribution in [-0.4, -0.2) is 46.5 Å². The molecule has 0 atom stereocenters. The van der Waals surface area contributed by atoms with E-state index in [9.17, 15) is 4.79 Å². The second kappa shape index (κ2) is 7.80. The first-order valence-corrected chi connectivity index (χ1v) is 10.6. The second-order valence-electron chi connectivity index (χ2n) is 7.42. The van der Waals surface area contributed by atoms with E-state index in [1.165, 1.54) is 0 Å². The molecule has 4 rings (SSSR count). The van der Waals surface area contributed by atoms with Crippen molar-refractivity contribution in [2.45, 2.75) is 27.2 Å². The summed E-state index contributed by atoms with van der Waals surface area (Å²) in [5.41, 5.74) is 5.14. The molecule has 2 aromatic heterocycles. The van der Waals surface area contributed by atoms with E-state index in [4.69, 9.17) is 0 Å². The number of anilines is 1. The van der Waals surface area contributed by atoms with E-state index in [0.29, 0.717) is 0 Å². The lowest BCUT2D eigenvalue weighted by molar-refractivity contribution is 0.0767. The number of carbonyl (C=O) groups is 1. The molecule has 0 saturated carbocycles. The third-order valence-corrected chi connectivity index (χ3v) is 6.20. The Kier molecular flexibility index (Phi) is 5.22. The normalized spacial score (nSPS) is 15.0. The number of thiazole rings is 1. The first-order chi connectivity index (χ1) is 13.5. The molecule has 3 aromatic rings. The Hall–Kier alpha value is -2.60. The monoisotopic (exact) mass is 394 g/mol. The minimum atomic E-state index is 0.118. The van der Waals surface area contributed by atoms with Gasteiger partial charge in [0.25, 0.3) is 5.91 Å². The molecule has 5 nitrogen and oxygen atoms in total. The standard InChI is InChI=1S/C22H26N4OS/c1-16-5-8-20(26-17(2)6-7-18(26)3)19(15-16)21(27)24-10-4-11-25(13-12-24)22-23-9-14-28-22/h5-9,14-15H,4,10-13H2,1-3H3. The van der Waals surface area contributed by atoms with Gasteiger partial charge in [-0.25, -0.2) is 4.98 Å². The molecule has 1 saturated heterocycles. The molecule has 6 heteroatoms. The third kappa shape index (κ3) is 3.56. The first kappa shape index (κ1) is 18.7. The smallest absolute Gasteiger partial charge is 0.256 e. The zero-order valence-electron chi connectivity index (χ0n) is 16.7. The summed E-state index contributed by atoms with van der Waals surface area (Å²) < 4.78 is 2.17. The van der Waals surface area contributed by atoms with Crippen LogP contribution < -0.4 is 4.90 Å². The molecule has 3 heterocycles. The maximum atomic E-state index is 13.5. The quantitative estimate of drug-likeness (QED) is 0.668. The van der Waals surface area contributed by atoms with Gasteiger partial charge >= 0.3 is 0 Å². The molecule has 146 valence electrons. The zero-order chi connectivity index (χ0) is 19.7. The Balaban J connectivity index is 1.62. The third-order valence-electron chi connectivity index (χ3n) is 5.37. The molecule has 0 bridgehead atoms. The van der Waals surface area contributed by atoms with Crippen molar-refractivity contribution in [1.29, 1.82) is 0 Å². The Morgan fingerprint density at radius 3 is 2.50 bits per heavy atom. The lowest BCUT2D eigenvalue weighted by Gasteiger charge is -2.24. The molecule has 0 aliphatic carbocycles. The molecule has 1 aromatic carbocycles. The van der Waals surface area contributed by atoms with Crippen molar-refractivity contribution in [3.05, 3.63) is 64.4 Å². The highest BCUT2D eigenvalue weighted by Crippen LogP contribution is 2.24. The topological polar surface area (TPSA) is 41.4 Å². The van der Waals surface area contributed by atoms with Gasteiger partial charge in [-0.3, -0.25) is 4.79 Å². The van der Waals surface area contributed by atoms with Gasteiger partial charge in [0.1, 0.15) is 0 Å². The lowest BCUT2D eigenvalue weighted by atomic mass is 10.1. The second-order valence-corrected chi connectivity index (χ2v) is 8.29. The van der Waals surface area contributed by atoms with Gasteiger partial charge in [0.2, 0.25) is 0 Å². The van der Waals surface area contributed by atoms with Crippen LogP contribution in [0.4, 0.5) is 5.13 Å². The van der Waals surface area contributed by atoms with E-state index in [2.05, 4.69) is 52.6 Å². The van der Waals surface area contributed by atoms with Crippen LogP contribution in [0.1, 0.15) is 33.7 Å². The fourth-order valence-electron chi connectivity index (χ4n) is 3.92. The predicted molar refractivity (Wildman–Crippen MR) is 115 cm³/mol. The average Bonchev–Trinajstić information content (AvgIpc) is 3.25. The molecule has 1 fully saturated rings. The van der Waals surface area contributed by atoms with Gasteiger partial charge in [0.15, 0.2) is 5.13 Å². The van der Waals surface area contributed by atoms with Gasteiger partial charge in [0.05, 0.1) is 11.3 Å². The van der Waals surface area contributed by atoms with E-state index >= 15 is 0 Å². The number of hydrogen-bond acceptors (Lipinski definition) is 4. The van der Waals surface area contributed by atoms with Crippen LogP contribution in [0.3, 0.4) is 0 Å². The summed E-state index contributed by atoms with van der Waals surface area (Å²) in [6, 6.07) is 10.4. The van der Waals surface area contributed by atoms with Crippen LogP contribution in [0.15, 0.2) is 41.9 Å². The Morgan fingerprint density at radius 1 is 1.00 bits per heavy atom. The average molecular weight is 395 g/mol. The number of hydrogen-bond donors (Lipinski definition) is 0. The molecule has 0 radical (unpaired) electrons. The van der Waals surface area contributed by atoms with Gasteiger partial charge in [-0.05, 0) is 51.5 Å². The SMILES string of the molecule is Cc1ccc(-n2c(C)ccc2C)c(C(=O)N2CCCN(c3nccs3)CC2)c1. The van der Waals surface area contributed by atoms with Crippen LogP contribution in [0, 0.1) is 20.8 Å².